The third kappa shape index (κ3) is 4.57. The molecule has 3 aromatic carbocycles. The molecule has 0 aliphatic rings. The second-order valence-corrected chi connectivity index (χ2v) is 8.25. The van der Waals surface area contributed by atoms with Gasteiger partial charge < -0.3 is 14.2 Å². The van der Waals surface area contributed by atoms with Crippen molar-refractivity contribution in [1.82, 2.24) is 30.2 Å². The number of rotatable bonds is 8. The van der Waals surface area contributed by atoms with Crippen LogP contribution in [0.1, 0.15) is 29.8 Å². The Labute approximate surface area is 217 Å². The monoisotopic (exact) mass is 512 g/mol. The van der Waals surface area contributed by atoms with E-state index in [9.17, 15) is 9.59 Å². The molecule has 0 radical (unpaired) electrons. The summed E-state index contributed by atoms with van der Waals surface area (Å²) in [6, 6.07) is 19.2. The molecule has 0 saturated carbocycles. The van der Waals surface area contributed by atoms with E-state index in [1.54, 1.807) is 16.7 Å². The zero-order chi connectivity index (χ0) is 26.6. The van der Waals surface area contributed by atoms with Crippen LogP contribution in [0.15, 0.2) is 60.7 Å². The maximum absolute atomic E-state index is 12.7. The lowest BCUT2D eigenvalue weighted by molar-refractivity contribution is -0.142. The topological polar surface area (TPSA) is 134 Å². The summed E-state index contributed by atoms with van der Waals surface area (Å²) in [6.07, 6.45) is 0. The van der Waals surface area contributed by atoms with Gasteiger partial charge in [-0.2, -0.15) is 4.98 Å². The number of H-pyrrole nitrogens is 1. The molecule has 0 amide bonds. The number of benzene rings is 3. The lowest BCUT2D eigenvalue weighted by Crippen LogP contribution is -2.08. The molecule has 11 nitrogen and oxygen atoms in total. The van der Waals surface area contributed by atoms with Gasteiger partial charge in [-0.15, -0.1) is 5.10 Å². The first-order valence-electron chi connectivity index (χ1n) is 11.8. The van der Waals surface area contributed by atoms with Crippen molar-refractivity contribution in [2.24, 2.45) is 0 Å². The van der Waals surface area contributed by atoms with Gasteiger partial charge in [0.15, 0.2) is 5.82 Å². The number of nitrogens with one attached hydrogen (secondary N) is 1. The molecule has 0 saturated heterocycles. The van der Waals surface area contributed by atoms with Crippen LogP contribution in [0.5, 0.6) is 6.01 Å². The first kappa shape index (κ1) is 24.6. The zero-order valence-corrected chi connectivity index (χ0v) is 21.0. The Morgan fingerprint density at radius 1 is 1.00 bits per heavy atom. The van der Waals surface area contributed by atoms with Gasteiger partial charge in [0.1, 0.15) is 12.1 Å². The van der Waals surface area contributed by atoms with E-state index < -0.39 is 11.9 Å². The normalized spacial score (nSPS) is 10.9. The molecule has 1 N–H and O–H groups in total. The number of imidazole rings is 1. The minimum absolute atomic E-state index is 0.00206. The first-order valence-corrected chi connectivity index (χ1v) is 11.8. The van der Waals surface area contributed by atoms with Gasteiger partial charge in [0.05, 0.1) is 30.5 Å². The Kier molecular flexibility index (Phi) is 6.81. The summed E-state index contributed by atoms with van der Waals surface area (Å²) in [5, 5.41) is 14.2. The molecule has 0 atom stereocenters. The lowest BCUT2D eigenvalue weighted by Gasteiger charge is -2.13. The minimum Gasteiger partial charge on any atom is -0.465 e. The van der Waals surface area contributed by atoms with E-state index in [2.05, 4.69) is 25.6 Å². The van der Waals surface area contributed by atoms with Gasteiger partial charge in [-0.05, 0) is 46.7 Å². The smallest absolute Gasteiger partial charge is 0.340 e. The molecule has 38 heavy (non-hydrogen) atoms. The van der Waals surface area contributed by atoms with Crippen LogP contribution in [0.25, 0.3) is 39.2 Å². The highest BCUT2D eigenvalue weighted by Crippen LogP contribution is 2.34. The first-order chi connectivity index (χ1) is 18.5. The molecule has 0 bridgehead atoms. The van der Waals surface area contributed by atoms with Crippen molar-refractivity contribution in [3.63, 3.8) is 0 Å². The van der Waals surface area contributed by atoms with Crippen LogP contribution in [0, 0.1) is 0 Å². The molecule has 192 valence electrons. The van der Waals surface area contributed by atoms with E-state index in [0.29, 0.717) is 46.3 Å². The number of hydrogen-bond donors (Lipinski definition) is 1. The molecular formula is C27H24N6O5. The quantitative estimate of drug-likeness (QED) is 0.305. The highest BCUT2D eigenvalue weighted by Gasteiger charge is 2.24. The number of carbonyl (C=O) groups excluding carboxylic acids is 2. The molecule has 11 heteroatoms. The maximum atomic E-state index is 12.7. The van der Waals surface area contributed by atoms with Crippen LogP contribution in [-0.2, 0) is 20.9 Å². The number of aromatic amines is 1. The second kappa shape index (κ2) is 10.5. The van der Waals surface area contributed by atoms with E-state index in [-0.39, 0.29) is 6.61 Å². The van der Waals surface area contributed by atoms with E-state index >= 15 is 0 Å². The second-order valence-electron chi connectivity index (χ2n) is 8.25. The van der Waals surface area contributed by atoms with Crippen LogP contribution in [0.3, 0.4) is 0 Å². The third-order valence-corrected chi connectivity index (χ3v) is 5.93. The Morgan fingerprint density at radius 3 is 2.42 bits per heavy atom. The van der Waals surface area contributed by atoms with Crippen LogP contribution < -0.4 is 4.74 Å². The Morgan fingerprint density at radius 2 is 1.76 bits per heavy atom. The molecule has 0 aliphatic heterocycles. The summed E-state index contributed by atoms with van der Waals surface area (Å²) in [5.74, 6) is -0.381. The van der Waals surface area contributed by atoms with Gasteiger partial charge in [-0.3, -0.25) is 9.36 Å². The Hall–Kier alpha value is -5.06. The van der Waals surface area contributed by atoms with E-state index in [4.69, 9.17) is 14.2 Å². The summed E-state index contributed by atoms with van der Waals surface area (Å²) in [5.41, 5.74) is 5.36. The number of nitrogens with zero attached hydrogens (tertiary/aromatic N) is 5. The summed E-state index contributed by atoms with van der Waals surface area (Å²) >= 11 is 0. The largest absolute Gasteiger partial charge is 0.465 e. The standard InChI is InChI=1S/C27H24N6O5/c1-4-37-27-28-23-18(15-38-16(2)34)11-14-22(26(35)36-3)24(23)33(27)19-12-9-17(10-13-19)20-7-5-6-8-21(20)25-29-31-32-30-25/h5-14H,4,15H2,1-3H3,(H,29,30,31,32). The number of tetrazole rings is 1. The number of methoxy groups -OCH3 is 1. The van der Waals surface area contributed by atoms with Gasteiger partial charge in [0, 0.05) is 18.1 Å². The van der Waals surface area contributed by atoms with Crippen LogP contribution >= 0.6 is 0 Å². The summed E-state index contributed by atoms with van der Waals surface area (Å²) in [6.45, 7) is 3.54. The fourth-order valence-corrected chi connectivity index (χ4v) is 4.25. The molecule has 0 aliphatic carbocycles. The SMILES string of the molecule is CCOc1nc2c(COC(C)=O)ccc(C(=O)OC)c2n1-c1ccc(-c2ccccc2-c2nnn[nH]2)cc1. The molecule has 0 unspecified atom stereocenters. The summed E-state index contributed by atoms with van der Waals surface area (Å²) < 4.78 is 17.9. The number of carbonyl (C=O) groups is 2. The van der Waals surface area contributed by atoms with Crippen LogP contribution in [0.4, 0.5) is 0 Å². The Balaban J connectivity index is 1.66. The summed E-state index contributed by atoms with van der Waals surface area (Å²) in [7, 11) is 1.32. The maximum Gasteiger partial charge on any atom is 0.340 e. The number of hydrogen-bond acceptors (Lipinski definition) is 9. The van der Waals surface area contributed by atoms with Crippen molar-refractivity contribution in [3.05, 3.63) is 71.8 Å². The van der Waals surface area contributed by atoms with E-state index in [1.165, 1.54) is 14.0 Å². The van der Waals surface area contributed by atoms with E-state index in [1.807, 2.05) is 55.5 Å². The van der Waals surface area contributed by atoms with Gasteiger partial charge in [-0.25, -0.2) is 9.89 Å². The minimum atomic E-state index is -0.524. The van der Waals surface area contributed by atoms with Crippen LogP contribution in [0.2, 0.25) is 0 Å². The predicted octanol–water partition coefficient (Wildman–Crippen LogP) is 4.12. The summed E-state index contributed by atoms with van der Waals surface area (Å²) in [4.78, 5) is 28.9. The lowest BCUT2D eigenvalue weighted by atomic mass is 9.99. The Bertz CT molecular complexity index is 1610. The fourth-order valence-electron chi connectivity index (χ4n) is 4.25. The van der Waals surface area contributed by atoms with Crippen molar-refractivity contribution in [2.75, 3.05) is 13.7 Å². The average Bonchev–Trinajstić information content (AvgIpc) is 3.60. The molecule has 5 rings (SSSR count). The molecule has 5 aromatic rings. The molecule has 2 aromatic heterocycles. The molecule has 2 heterocycles. The van der Waals surface area contributed by atoms with Gasteiger partial charge in [-0.1, -0.05) is 42.5 Å². The highest BCUT2D eigenvalue weighted by molar-refractivity contribution is 6.04. The van der Waals surface area contributed by atoms with Gasteiger partial charge in [0.25, 0.3) is 0 Å². The van der Waals surface area contributed by atoms with Crippen molar-refractivity contribution < 1.29 is 23.8 Å². The van der Waals surface area contributed by atoms with Crippen molar-refractivity contribution in [2.45, 2.75) is 20.5 Å². The van der Waals surface area contributed by atoms with Crippen molar-refractivity contribution in [1.29, 1.82) is 0 Å². The number of aromatic nitrogens is 6. The third-order valence-electron chi connectivity index (χ3n) is 5.93. The molecule has 0 fully saturated rings. The number of fused-ring (bicyclic) bond motifs is 1. The molecular weight excluding hydrogens is 488 g/mol. The van der Waals surface area contributed by atoms with Gasteiger partial charge in [0.2, 0.25) is 0 Å². The van der Waals surface area contributed by atoms with Crippen LogP contribution in [-0.4, -0.2) is 55.8 Å². The average molecular weight is 513 g/mol. The van der Waals surface area contributed by atoms with Crippen molar-refractivity contribution in [3.8, 4) is 34.2 Å². The zero-order valence-electron chi connectivity index (χ0n) is 21.0. The highest BCUT2D eigenvalue weighted by atomic mass is 16.5. The molecule has 0 spiro atoms. The van der Waals surface area contributed by atoms with E-state index in [0.717, 1.165) is 16.7 Å². The fraction of sp³-hybridized carbons (Fsp3) is 0.185. The predicted molar refractivity (Wildman–Crippen MR) is 138 cm³/mol. The number of esters is 2. The van der Waals surface area contributed by atoms with Crippen molar-refractivity contribution >= 4 is 23.0 Å². The number of ether oxygens (including phenoxy) is 3. The van der Waals surface area contributed by atoms with Gasteiger partial charge >= 0.3 is 17.9 Å².